The normalized spacial score (nSPS) is 25.7. The van der Waals surface area contributed by atoms with Crippen LogP contribution >= 0.6 is 0 Å². The first-order chi connectivity index (χ1) is 9.11. The number of hydrogen-bond acceptors (Lipinski definition) is 3. The first-order valence-electron chi connectivity index (χ1n) is 6.71. The van der Waals surface area contributed by atoms with E-state index >= 15 is 0 Å². The largest absolute Gasteiger partial charge is 0.490 e. The Morgan fingerprint density at radius 1 is 1.37 bits per heavy atom. The summed E-state index contributed by atoms with van der Waals surface area (Å²) in [5.74, 6) is 0.528. The molecule has 2 heterocycles. The third kappa shape index (κ3) is 2.48. The number of ether oxygens (including phenoxy) is 1. The van der Waals surface area contributed by atoms with Gasteiger partial charge in [0.15, 0.2) is 0 Å². The number of fused-ring (bicyclic) bond motifs is 1. The Hall–Kier alpha value is -1.84. The molecule has 0 saturated carbocycles. The highest BCUT2D eigenvalue weighted by Gasteiger charge is 2.32. The zero-order chi connectivity index (χ0) is 13.4. The molecule has 2 unspecified atom stereocenters. The molecule has 1 fully saturated rings. The van der Waals surface area contributed by atoms with Crippen LogP contribution in [-0.4, -0.2) is 17.9 Å². The molecule has 0 aromatic heterocycles. The van der Waals surface area contributed by atoms with Crippen molar-refractivity contribution in [3.63, 3.8) is 0 Å². The van der Waals surface area contributed by atoms with Gasteiger partial charge in [-0.1, -0.05) is 17.7 Å². The van der Waals surface area contributed by atoms with Crippen LogP contribution in [0.1, 0.15) is 30.4 Å². The number of nitrogens with one attached hydrogen (secondary N) is 1. The summed E-state index contributed by atoms with van der Waals surface area (Å²) in [6, 6.07) is 6.17. The predicted octanol–water partition coefficient (Wildman–Crippen LogP) is 1.74. The predicted molar refractivity (Wildman–Crippen MR) is 69.8 cm³/mol. The van der Waals surface area contributed by atoms with E-state index in [0.717, 1.165) is 12.2 Å². The fourth-order valence-electron chi connectivity index (χ4n) is 2.86. The number of imide groups is 1. The highest BCUT2D eigenvalue weighted by Crippen LogP contribution is 2.33. The van der Waals surface area contributed by atoms with E-state index in [2.05, 4.69) is 18.3 Å². The molecule has 1 aromatic carbocycles. The molecule has 4 heteroatoms. The maximum Gasteiger partial charge on any atom is 0.229 e. The van der Waals surface area contributed by atoms with Crippen molar-refractivity contribution in [1.82, 2.24) is 5.32 Å². The number of hydrogen-bond donors (Lipinski definition) is 1. The molecule has 2 amide bonds. The summed E-state index contributed by atoms with van der Waals surface area (Å²) in [6.45, 7) is 2.06. The zero-order valence-corrected chi connectivity index (χ0v) is 10.9. The summed E-state index contributed by atoms with van der Waals surface area (Å²) < 4.78 is 5.87. The van der Waals surface area contributed by atoms with Gasteiger partial charge in [0.25, 0.3) is 0 Å². The van der Waals surface area contributed by atoms with Gasteiger partial charge in [0, 0.05) is 18.8 Å². The Kier molecular flexibility index (Phi) is 3.01. The fraction of sp³-hybridized carbons (Fsp3) is 0.467. The maximum absolute atomic E-state index is 11.7. The second-order valence-corrected chi connectivity index (χ2v) is 5.44. The minimum atomic E-state index is -0.160. The van der Waals surface area contributed by atoms with Gasteiger partial charge < -0.3 is 4.74 Å². The summed E-state index contributed by atoms with van der Waals surface area (Å²) in [4.78, 5) is 22.8. The Bertz CT molecular complexity index is 538. The van der Waals surface area contributed by atoms with Crippen molar-refractivity contribution >= 4 is 11.8 Å². The van der Waals surface area contributed by atoms with Gasteiger partial charge in [0.1, 0.15) is 11.9 Å². The molecule has 2 aliphatic heterocycles. The van der Waals surface area contributed by atoms with Gasteiger partial charge in [-0.3, -0.25) is 14.9 Å². The maximum atomic E-state index is 11.7. The topological polar surface area (TPSA) is 55.4 Å². The SMILES string of the molecule is Cc1ccc2c(c1)CC(CC1CCC(=O)NC1=O)O2. The Morgan fingerprint density at radius 3 is 3.00 bits per heavy atom. The van der Waals surface area contributed by atoms with E-state index in [0.29, 0.717) is 19.3 Å². The third-order valence-electron chi connectivity index (χ3n) is 3.86. The Balaban J connectivity index is 1.64. The molecule has 4 nitrogen and oxygen atoms in total. The highest BCUT2D eigenvalue weighted by molar-refractivity contribution is 5.98. The average Bonchev–Trinajstić information content (AvgIpc) is 2.74. The first-order valence-corrected chi connectivity index (χ1v) is 6.71. The quantitative estimate of drug-likeness (QED) is 0.823. The van der Waals surface area contributed by atoms with Crippen molar-refractivity contribution in [3.8, 4) is 5.75 Å². The van der Waals surface area contributed by atoms with Gasteiger partial charge in [-0.2, -0.15) is 0 Å². The molecular formula is C15H17NO3. The Morgan fingerprint density at radius 2 is 2.21 bits per heavy atom. The van der Waals surface area contributed by atoms with E-state index in [-0.39, 0.29) is 23.8 Å². The summed E-state index contributed by atoms with van der Waals surface area (Å²) in [7, 11) is 0. The van der Waals surface area contributed by atoms with Crippen LogP contribution < -0.4 is 10.1 Å². The minimum absolute atomic E-state index is 0.0563. The molecule has 0 bridgehead atoms. The van der Waals surface area contributed by atoms with E-state index < -0.39 is 0 Å². The van der Waals surface area contributed by atoms with Crippen molar-refractivity contribution in [1.29, 1.82) is 0 Å². The number of aryl methyl sites for hydroxylation is 1. The monoisotopic (exact) mass is 259 g/mol. The lowest BCUT2D eigenvalue weighted by Crippen LogP contribution is -2.42. The van der Waals surface area contributed by atoms with Crippen molar-refractivity contribution < 1.29 is 14.3 Å². The number of piperidine rings is 1. The molecule has 0 aliphatic carbocycles. The molecule has 19 heavy (non-hydrogen) atoms. The van der Waals surface area contributed by atoms with E-state index in [4.69, 9.17) is 4.74 Å². The van der Waals surface area contributed by atoms with Gasteiger partial charge in [-0.15, -0.1) is 0 Å². The van der Waals surface area contributed by atoms with E-state index in [1.54, 1.807) is 0 Å². The molecule has 2 atom stereocenters. The standard InChI is InChI=1S/C15H17NO3/c1-9-2-4-13-11(6-9)8-12(19-13)7-10-3-5-14(17)16-15(10)18/h2,4,6,10,12H,3,5,7-8H2,1H3,(H,16,17,18). The van der Waals surface area contributed by atoms with E-state index in [1.165, 1.54) is 11.1 Å². The number of amides is 2. The number of rotatable bonds is 2. The lowest BCUT2D eigenvalue weighted by Gasteiger charge is -2.23. The summed E-state index contributed by atoms with van der Waals surface area (Å²) in [5.41, 5.74) is 2.45. The molecule has 0 radical (unpaired) electrons. The fourth-order valence-corrected chi connectivity index (χ4v) is 2.86. The smallest absolute Gasteiger partial charge is 0.229 e. The molecule has 2 aliphatic rings. The summed E-state index contributed by atoms with van der Waals surface area (Å²) in [5, 5.41) is 2.40. The second kappa shape index (κ2) is 4.68. The second-order valence-electron chi connectivity index (χ2n) is 5.44. The lowest BCUT2D eigenvalue weighted by molar-refractivity contribution is -0.137. The summed E-state index contributed by atoms with van der Waals surface area (Å²) in [6.07, 6.45) is 2.68. The van der Waals surface area contributed by atoms with Crippen molar-refractivity contribution in [2.45, 2.75) is 38.7 Å². The number of benzene rings is 1. The van der Waals surface area contributed by atoms with Crippen LogP contribution in [0.5, 0.6) is 5.75 Å². The summed E-state index contributed by atoms with van der Waals surface area (Å²) >= 11 is 0. The number of carbonyl (C=O) groups excluding carboxylic acids is 2. The first kappa shape index (κ1) is 12.2. The van der Waals surface area contributed by atoms with Crippen LogP contribution in [0.2, 0.25) is 0 Å². The molecule has 0 spiro atoms. The zero-order valence-electron chi connectivity index (χ0n) is 10.9. The number of carbonyl (C=O) groups is 2. The van der Waals surface area contributed by atoms with Gasteiger partial charge in [0.2, 0.25) is 11.8 Å². The van der Waals surface area contributed by atoms with Crippen molar-refractivity contribution in [2.24, 2.45) is 5.92 Å². The van der Waals surface area contributed by atoms with Crippen LogP contribution in [0.25, 0.3) is 0 Å². The molecule has 1 saturated heterocycles. The van der Waals surface area contributed by atoms with Crippen molar-refractivity contribution in [2.75, 3.05) is 0 Å². The third-order valence-corrected chi connectivity index (χ3v) is 3.86. The molecule has 1 N–H and O–H groups in total. The van der Waals surface area contributed by atoms with Crippen molar-refractivity contribution in [3.05, 3.63) is 29.3 Å². The van der Waals surface area contributed by atoms with E-state index in [9.17, 15) is 9.59 Å². The average molecular weight is 259 g/mol. The van der Waals surface area contributed by atoms with Crippen LogP contribution in [0.3, 0.4) is 0 Å². The minimum Gasteiger partial charge on any atom is -0.490 e. The highest BCUT2D eigenvalue weighted by atomic mass is 16.5. The molecule has 3 rings (SSSR count). The lowest BCUT2D eigenvalue weighted by atomic mass is 9.91. The van der Waals surface area contributed by atoms with Gasteiger partial charge in [0.05, 0.1) is 0 Å². The molecule has 100 valence electrons. The molecular weight excluding hydrogens is 242 g/mol. The van der Waals surface area contributed by atoms with Crippen LogP contribution in [-0.2, 0) is 16.0 Å². The van der Waals surface area contributed by atoms with E-state index in [1.807, 2.05) is 12.1 Å². The van der Waals surface area contributed by atoms with Crippen LogP contribution in [0, 0.1) is 12.8 Å². The van der Waals surface area contributed by atoms with Gasteiger partial charge in [-0.25, -0.2) is 0 Å². The van der Waals surface area contributed by atoms with Crippen LogP contribution in [0.15, 0.2) is 18.2 Å². The van der Waals surface area contributed by atoms with Gasteiger partial charge in [-0.05, 0) is 31.4 Å². The Labute approximate surface area is 112 Å². The van der Waals surface area contributed by atoms with Gasteiger partial charge >= 0.3 is 0 Å². The molecule has 1 aromatic rings. The van der Waals surface area contributed by atoms with Crippen LogP contribution in [0.4, 0.5) is 0 Å².